The average Bonchev–Trinajstić information content (AvgIpc) is 3.28. The lowest BCUT2D eigenvalue weighted by atomic mass is 10.1. The molecule has 0 aliphatic rings. The molecule has 0 fully saturated rings. The van der Waals surface area contributed by atoms with Crippen molar-refractivity contribution in [1.82, 2.24) is 14.8 Å². The number of hydrogen-bond acceptors (Lipinski definition) is 5. The number of carboxylic acid groups (broad SMARTS) is 1. The predicted octanol–water partition coefficient (Wildman–Crippen LogP) is 5.34. The number of benzene rings is 2. The van der Waals surface area contributed by atoms with E-state index in [2.05, 4.69) is 10.1 Å². The highest BCUT2D eigenvalue weighted by Gasteiger charge is 2.14. The Labute approximate surface area is 189 Å². The third-order valence-electron chi connectivity index (χ3n) is 4.79. The number of rotatable bonds is 8. The molecule has 0 aliphatic heterocycles. The molecule has 0 saturated carbocycles. The lowest BCUT2D eigenvalue weighted by Crippen LogP contribution is -2.08. The highest BCUT2D eigenvalue weighted by molar-refractivity contribution is 6.30. The lowest BCUT2D eigenvalue weighted by molar-refractivity contribution is 0.0696. The number of halogens is 1. The van der Waals surface area contributed by atoms with Crippen LogP contribution >= 0.6 is 11.6 Å². The highest BCUT2D eigenvalue weighted by Crippen LogP contribution is 2.29. The van der Waals surface area contributed by atoms with Gasteiger partial charge < -0.3 is 14.6 Å². The number of ether oxygens (including phenoxy) is 2. The van der Waals surface area contributed by atoms with Crippen LogP contribution in [0.4, 0.5) is 0 Å². The van der Waals surface area contributed by atoms with Crippen molar-refractivity contribution in [1.29, 1.82) is 0 Å². The molecule has 1 unspecified atom stereocenters. The van der Waals surface area contributed by atoms with E-state index in [1.807, 2.05) is 43.3 Å². The molecule has 0 radical (unpaired) electrons. The first kappa shape index (κ1) is 21.4. The zero-order valence-electron chi connectivity index (χ0n) is 17.2. The quantitative estimate of drug-likeness (QED) is 0.391. The number of pyridine rings is 1. The fourth-order valence-electron chi connectivity index (χ4n) is 3.13. The van der Waals surface area contributed by atoms with Gasteiger partial charge in [0, 0.05) is 22.8 Å². The van der Waals surface area contributed by atoms with Crippen LogP contribution in [0.15, 0.2) is 79.1 Å². The zero-order chi connectivity index (χ0) is 22.5. The van der Waals surface area contributed by atoms with Crippen molar-refractivity contribution in [3.63, 3.8) is 0 Å². The topological polar surface area (TPSA) is 86.5 Å². The van der Waals surface area contributed by atoms with Gasteiger partial charge in [0.2, 0.25) is 5.88 Å². The molecule has 4 aromatic rings. The van der Waals surface area contributed by atoms with E-state index in [4.69, 9.17) is 21.1 Å². The van der Waals surface area contributed by atoms with Crippen molar-refractivity contribution in [3.05, 3.63) is 101 Å². The first-order valence-electron chi connectivity index (χ1n) is 9.88. The van der Waals surface area contributed by atoms with Gasteiger partial charge in [-0.15, -0.1) is 0 Å². The molecule has 0 amide bonds. The van der Waals surface area contributed by atoms with Gasteiger partial charge in [0.05, 0.1) is 11.8 Å². The molecule has 2 aromatic heterocycles. The molecule has 0 bridgehead atoms. The molecule has 0 aliphatic carbocycles. The fourth-order valence-corrected chi connectivity index (χ4v) is 3.29. The van der Waals surface area contributed by atoms with Crippen LogP contribution in [-0.4, -0.2) is 25.8 Å². The second-order valence-electron chi connectivity index (χ2n) is 7.00. The van der Waals surface area contributed by atoms with Gasteiger partial charge in [-0.3, -0.25) is 0 Å². The van der Waals surface area contributed by atoms with Crippen molar-refractivity contribution in [2.24, 2.45) is 0 Å². The van der Waals surface area contributed by atoms with Gasteiger partial charge in [0.25, 0.3) is 0 Å². The summed E-state index contributed by atoms with van der Waals surface area (Å²) >= 11 is 6.20. The Morgan fingerprint density at radius 1 is 1.09 bits per heavy atom. The van der Waals surface area contributed by atoms with Crippen molar-refractivity contribution in [2.75, 3.05) is 0 Å². The van der Waals surface area contributed by atoms with Gasteiger partial charge in [-0.2, -0.15) is 9.78 Å². The normalized spacial score (nSPS) is 11.7. The highest BCUT2D eigenvalue weighted by atomic mass is 35.5. The second-order valence-corrected chi connectivity index (χ2v) is 7.44. The van der Waals surface area contributed by atoms with Crippen molar-refractivity contribution in [2.45, 2.75) is 19.6 Å². The second kappa shape index (κ2) is 9.53. The number of aromatic nitrogens is 3. The summed E-state index contributed by atoms with van der Waals surface area (Å²) in [7, 11) is 0. The summed E-state index contributed by atoms with van der Waals surface area (Å²) in [6, 6.07) is 19.8. The van der Waals surface area contributed by atoms with Gasteiger partial charge in [-0.25, -0.2) is 9.78 Å². The zero-order valence-corrected chi connectivity index (χ0v) is 17.9. The van der Waals surface area contributed by atoms with E-state index >= 15 is 0 Å². The van der Waals surface area contributed by atoms with Crippen LogP contribution in [-0.2, 0) is 6.61 Å². The largest absolute Gasteiger partial charge is 0.486 e. The van der Waals surface area contributed by atoms with Crippen LogP contribution in [0.1, 0.15) is 34.5 Å². The van der Waals surface area contributed by atoms with Gasteiger partial charge in [0.1, 0.15) is 18.5 Å². The maximum absolute atomic E-state index is 11.3. The number of carboxylic acids is 1. The molecule has 0 saturated heterocycles. The Morgan fingerprint density at radius 3 is 2.69 bits per heavy atom. The molecule has 8 heteroatoms. The van der Waals surface area contributed by atoms with E-state index in [0.717, 1.165) is 11.1 Å². The fraction of sp³-hybridized carbons (Fsp3) is 0.125. The monoisotopic (exact) mass is 449 g/mol. The van der Waals surface area contributed by atoms with Crippen LogP contribution in [0.25, 0.3) is 5.82 Å². The summed E-state index contributed by atoms with van der Waals surface area (Å²) in [6.45, 7) is 2.16. The molecule has 2 heterocycles. The van der Waals surface area contributed by atoms with Gasteiger partial charge in [-0.05, 0) is 36.8 Å². The Balaban J connectivity index is 1.54. The minimum atomic E-state index is -1.04. The SMILES string of the molecule is CC(Oc1cc(Cl)ccc1COc1ccnn1-c1cc(C(=O)O)ccn1)c1ccccc1. The van der Waals surface area contributed by atoms with Crippen LogP contribution in [0.5, 0.6) is 11.6 Å². The van der Waals surface area contributed by atoms with Crippen LogP contribution < -0.4 is 9.47 Å². The minimum Gasteiger partial charge on any atom is -0.486 e. The summed E-state index contributed by atoms with van der Waals surface area (Å²) in [5.41, 5.74) is 1.96. The van der Waals surface area contributed by atoms with Crippen LogP contribution in [0.3, 0.4) is 0 Å². The van der Waals surface area contributed by atoms with E-state index in [-0.39, 0.29) is 18.3 Å². The van der Waals surface area contributed by atoms with E-state index in [0.29, 0.717) is 22.5 Å². The molecular weight excluding hydrogens is 430 g/mol. The van der Waals surface area contributed by atoms with E-state index in [9.17, 15) is 9.90 Å². The van der Waals surface area contributed by atoms with Gasteiger partial charge >= 0.3 is 5.97 Å². The van der Waals surface area contributed by atoms with E-state index < -0.39 is 5.97 Å². The average molecular weight is 450 g/mol. The van der Waals surface area contributed by atoms with Crippen molar-refractivity contribution in [3.8, 4) is 17.4 Å². The molecule has 162 valence electrons. The molecule has 0 spiro atoms. The summed E-state index contributed by atoms with van der Waals surface area (Å²) in [6.07, 6.45) is 2.79. The maximum atomic E-state index is 11.3. The van der Waals surface area contributed by atoms with Gasteiger partial charge in [0.15, 0.2) is 5.82 Å². The minimum absolute atomic E-state index is 0.111. The molecular formula is C24H20ClN3O4. The Bertz CT molecular complexity index is 1230. The molecule has 32 heavy (non-hydrogen) atoms. The summed E-state index contributed by atoms with van der Waals surface area (Å²) in [4.78, 5) is 15.5. The summed E-state index contributed by atoms with van der Waals surface area (Å²) in [5, 5.41) is 14.0. The standard InChI is InChI=1S/C24H20ClN3O4/c1-16(17-5-3-2-4-6-17)32-21-14-20(25)8-7-19(21)15-31-23-10-12-27-28(23)22-13-18(24(29)30)9-11-26-22/h2-14,16H,15H2,1H3,(H,29,30). The van der Waals surface area contributed by atoms with E-state index in [1.165, 1.54) is 23.0 Å². The molecule has 4 rings (SSSR count). The third-order valence-corrected chi connectivity index (χ3v) is 5.03. The van der Waals surface area contributed by atoms with Crippen molar-refractivity contribution >= 4 is 17.6 Å². The maximum Gasteiger partial charge on any atom is 0.335 e. The Kier molecular flexibility index (Phi) is 6.37. The number of aromatic carboxylic acids is 1. The van der Waals surface area contributed by atoms with Crippen molar-refractivity contribution < 1.29 is 19.4 Å². The van der Waals surface area contributed by atoms with Crippen LogP contribution in [0, 0.1) is 0 Å². The lowest BCUT2D eigenvalue weighted by Gasteiger charge is -2.18. The number of nitrogens with zero attached hydrogens (tertiary/aromatic N) is 3. The van der Waals surface area contributed by atoms with Crippen LogP contribution in [0.2, 0.25) is 5.02 Å². The van der Waals surface area contributed by atoms with Gasteiger partial charge in [-0.1, -0.05) is 48.0 Å². The molecule has 1 atom stereocenters. The third kappa shape index (κ3) is 4.90. The Morgan fingerprint density at radius 2 is 1.91 bits per heavy atom. The number of hydrogen-bond donors (Lipinski definition) is 1. The first-order valence-corrected chi connectivity index (χ1v) is 10.3. The first-order chi connectivity index (χ1) is 15.5. The summed E-state index contributed by atoms with van der Waals surface area (Å²) in [5.74, 6) is 0.330. The number of carbonyl (C=O) groups is 1. The Hall–Kier alpha value is -3.84. The molecule has 7 nitrogen and oxygen atoms in total. The smallest absolute Gasteiger partial charge is 0.335 e. The predicted molar refractivity (Wildman–Crippen MR) is 120 cm³/mol. The summed E-state index contributed by atoms with van der Waals surface area (Å²) < 4.78 is 13.6. The molecule has 2 aromatic carbocycles. The van der Waals surface area contributed by atoms with E-state index in [1.54, 1.807) is 24.4 Å². The molecule has 1 N–H and O–H groups in total.